The second-order valence-electron chi connectivity index (χ2n) is 8.51. The molecule has 2 unspecified atom stereocenters. The molecule has 0 radical (unpaired) electrons. The highest BCUT2D eigenvalue weighted by molar-refractivity contribution is 5.16. The van der Waals surface area contributed by atoms with Crippen molar-refractivity contribution < 1.29 is 5.11 Å². The first-order valence-corrected chi connectivity index (χ1v) is 9.32. The molecule has 3 aliphatic rings. The van der Waals surface area contributed by atoms with Gasteiger partial charge in [-0.25, -0.2) is 0 Å². The molecular weight excluding hydrogens is 300 g/mol. The van der Waals surface area contributed by atoms with E-state index in [1.807, 2.05) is 18.5 Å². The molecule has 5 heteroatoms. The van der Waals surface area contributed by atoms with E-state index in [0.717, 1.165) is 45.7 Å². The Hall–Kier alpha value is -1.01. The van der Waals surface area contributed by atoms with E-state index in [0.29, 0.717) is 12.0 Å². The van der Waals surface area contributed by atoms with Crippen LogP contribution >= 0.6 is 0 Å². The summed E-state index contributed by atoms with van der Waals surface area (Å²) in [6, 6.07) is 4.71. The van der Waals surface area contributed by atoms with E-state index >= 15 is 0 Å². The van der Waals surface area contributed by atoms with Crippen molar-refractivity contribution in [1.82, 2.24) is 19.7 Å². The molecule has 0 bridgehead atoms. The normalized spacial score (nSPS) is 30.7. The second kappa shape index (κ2) is 6.37. The summed E-state index contributed by atoms with van der Waals surface area (Å²) in [5.74, 6) is 0.700. The lowest BCUT2D eigenvalue weighted by Gasteiger charge is -2.61. The zero-order valence-corrected chi connectivity index (χ0v) is 14.9. The Kier molecular flexibility index (Phi) is 4.37. The molecule has 0 saturated carbocycles. The number of nitrogens with zero attached hydrogens (tertiary/aromatic N) is 4. The molecule has 1 aromatic rings. The number of rotatable bonds is 4. The number of piperazine rings is 1. The fourth-order valence-corrected chi connectivity index (χ4v) is 5.10. The third-order valence-electron chi connectivity index (χ3n) is 5.78. The van der Waals surface area contributed by atoms with E-state index < -0.39 is 0 Å². The predicted octanol–water partition coefficient (Wildman–Crippen LogP) is 1.04. The van der Waals surface area contributed by atoms with Crippen molar-refractivity contribution in [2.24, 2.45) is 5.92 Å². The Balaban J connectivity index is 1.44. The van der Waals surface area contributed by atoms with Gasteiger partial charge >= 0.3 is 0 Å². The average molecular weight is 330 g/mol. The SMILES string of the molecule is CC(C)CN1CC2CC(O)CN2C2(C1)CN(Cc1cccnc1)C2. The molecular formula is C19H30N4O. The van der Waals surface area contributed by atoms with Gasteiger partial charge in [0.2, 0.25) is 0 Å². The van der Waals surface area contributed by atoms with Crippen LogP contribution in [0.5, 0.6) is 0 Å². The van der Waals surface area contributed by atoms with E-state index in [2.05, 4.69) is 39.6 Å². The smallest absolute Gasteiger partial charge is 0.0682 e. The van der Waals surface area contributed by atoms with Gasteiger partial charge in [-0.3, -0.25) is 19.7 Å². The first kappa shape index (κ1) is 16.5. The van der Waals surface area contributed by atoms with Crippen molar-refractivity contribution in [3.8, 4) is 0 Å². The maximum absolute atomic E-state index is 10.2. The van der Waals surface area contributed by atoms with Gasteiger partial charge in [-0.05, 0) is 24.0 Å². The zero-order chi connectivity index (χ0) is 16.7. The lowest BCUT2D eigenvalue weighted by Crippen LogP contribution is -2.77. The summed E-state index contributed by atoms with van der Waals surface area (Å²) in [7, 11) is 0. The van der Waals surface area contributed by atoms with Crippen LogP contribution in [-0.2, 0) is 6.54 Å². The number of aromatic nitrogens is 1. The Bertz CT molecular complexity index is 558. The predicted molar refractivity (Wildman–Crippen MR) is 94.6 cm³/mol. The van der Waals surface area contributed by atoms with Crippen molar-refractivity contribution in [2.75, 3.05) is 39.3 Å². The molecule has 1 spiro atoms. The van der Waals surface area contributed by atoms with Crippen molar-refractivity contribution >= 4 is 0 Å². The molecule has 3 fully saturated rings. The highest BCUT2D eigenvalue weighted by Gasteiger charge is 2.55. The summed E-state index contributed by atoms with van der Waals surface area (Å²) in [5, 5.41) is 10.2. The van der Waals surface area contributed by atoms with Gasteiger partial charge in [0.15, 0.2) is 0 Å². The fourth-order valence-electron chi connectivity index (χ4n) is 5.10. The first-order chi connectivity index (χ1) is 11.5. The third-order valence-corrected chi connectivity index (χ3v) is 5.78. The zero-order valence-electron chi connectivity index (χ0n) is 14.9. The van der Waals surface area contributed by atoms with Crippen molar-refractivity contribution in [1.29, 1.82) is 0 Å². The number of fused-ring (bicyclic) bond motifs is 2. The van der Waals surface area contributed by atoms with Gasteiger partial charge in [0.05, 0.1) is 11.6 Å². The third kappa shape index (κ3) is 3.10. The van der Waals surface area contributed by atoms with E-state index in [-0.39, 0.29) is 11.6 Å². The van der Waals surface area contributed by atoms with Gasteiger partial charge in [0.1, 0.15) is 0 Å². The summed E-state index contributed by atoms with van der Waals surface area (Å²) in [6.45, 7) is 12.1. The van der Waals surface area contributed by atoms with Gasteiger partial charge in [0, 0.05) is 64.2 Å². The van der Waals surface area contributed by atoms with Gasteiger partial charge in [0.25, 0.3) is 0 Å². The van der Waals surface area contributed by atoms with Crippen LogP contribution in [0.15, 0.2) is 24.5 Å². The molecule has 24 heavy (non-hydrogen) atoms. The van der Waals surface area contributed by atoms with Crippen LogP contribution in [0.3, 0.4) is 0 Å². The average Bonchev–Trinajstić information content (AvgIpc) is 2.87. The minimum atomic E-state index is -0.141. The topological polar surface area (TPSA) is 42.8 Å². The number of β-amino-alcohol motifs (C(OH)–C–C–N with tert-alkyl or cyclic N) is 1. The summed E-state index contributed by atoms with van der Waals surface area (Å²) >= 11 is 0. The molecule has 2 atom stereocenters. The quantitative estimate of drug-likeness (QED) is 0.894. The summed E-state index contributed by atoms with van der Waals surface area (Å²) in [4.78, 5) is 12.0. The lowest BCUT2D eigenvalue weighted by atomic mass is 9.83. The second-order valence-corrected chi connectivity index (χ2v) is 8.51. The van der Waals surface area contributed by atoms with Crippen molar-refractivity contribution in [3.63, 3.8) is 0 Å². The number of likely N-dealkylation sites (tertiary alicyclic amines) is 1. The number of hydrogen-bond acceptors (Lipinski definition) is 5. The van der Waals surface area contributed by atoms with Gasteiger partial charge < -0.3 is 5.11 Å². The largest absolute Gasteiger partial charge is 0.392 e. The van der Waals surface area contributed by atoms with Gasteiger partial charge in [-0.1, -0.05) is 19.9 Å². The molecule has 5 nitrogen and oxygen atoms in total. The molecule has 0 amide bonds. The van der Waals surface area contributed by atoms with Crippen molar-refractivity contribution in [3.05, 3.63) is 30.1 Å². The molecule has 1 N–H and O–H groups in total. The Morgan fingerprint density at radius 1 is 1.25 bits per heavy atom. The van der Waals surface area contributed by atoms with Gasteiger partial charge in [-0.2, -0.15) is 0 Å². The molecule has 0 aliphatic carbocycles. The molecule has 4 rings (SSSR count). The monoisotopic (exact) mass is 330 g/mol. The lowest BCUT2D eigenvalue weighted by molar-refractivity contribution is -0.117. The van der Waals surface area contributed by atoms with E-state index in [4.69, 9.17) is 0 Å². The summed E-state index contributed by atoms with van der Waals surface area (Å²) in [5.41, 5.74) is 1.54. The standard InChI is InChI=1S/C19H30N4O/c1-15(2)8-21-10-17-6-18(24)11-23(17)19(12-21)13-22(14-19)9-16-4-3-5-20-7-16/h3-5,7,15,17-18,24H,6,8-14H2,1-2H3. The Morgan fingerprint density at radius 2 is 2.04 bits per heavy atom. The summed E-state index contributed by atoms with van der Waals surface area (Å²) in [6.07, 6.45) is 4.61. The van der Waals surface area contributed by atoms with Crippen LogP contribution < -0.4 is 0 Å². The van der Waals surface area contributed by atoms with Gasteiger partial charge in [-0.15, -0.1) is 0 Å². The molecule has 1 aromatic heterocycles. The number of aliphatic hydroxyl groups is 1. The molecule has 3 saturated heterocycles. The molecule has 0 aromatic carbocycles. The number of pyridine rings is 1. The maximum atomic E-state index is 10.2. The van der Waals surface area contributed by atoms with Crippen LogP contribution in [0, 0.1) is 5.92 Å². The van der Waals surface area contributed by atoms with E-state index in [9.17, 15) is 5.11 Å². The minimum absolute atomic E-state index is 0.141. The minimum Gasteiger partial charge on any atom is -0.392 e. The van der Waals surface area contributed by atoms with Crippen LogP contribution in [0.1, 0.15) is 25.8 Å². The highest BCUT2D eigenvalue weighted by Crippen LogP contribution is 2.39. The highest BCUT2D eigenvalue weighted by atomic mass is 16.3. The maximum Gasteiger partial charge on any atom is 0.0682 e. The first-order valence-electron chi connectivity index (χ1n) is 9.32. The fraction of sp³-hybridized carbons (Fsp3) is 0.737. The Morgan fingerprint density at radius 3 is 2.75 bits per heavy atom. The van der Waals surface area contributed by atoms with Crippen LogP contribution in [0.2, 0.25) is 0 Å². The van der Waals surface area contributed by atoms with Crippen molar-refractivity contribution in [2.45, 2.75) is 44.5 Å². The van der Waals surface area contributed by atoms with Crippen LogP contribution in [-0.4, -0.2) is 81.7 Å². The number of aliphatic hydroxyl groups excluding tert-OH is 1. The van der Waals surface area contributed by atoms with E-state index in [1.54, 1.807) is 0 Å². The molecule has 3 aliphatic heterocycles. The van der Waals surface area contributed by atoms with Crippen LogP contribution in [0.4, 0.5) is 0 Å². The molecule has 132 valence electrons. The molecule has 4 heterocycles. The van der Waals surface area contributed by atoms with E-state index in [1.165, 1.54) is 12.1 Å². The number of hydrogen-bond donors (Lipinski definition) is 1. The Labute approximate surface area is 145 Å². The van der Waals surface area contributed by atoms with Crippen LogP contribution in [0.25, 0.3) is 0 Å². The summed E-state index contributed by atoms with van der Waals surface area (Å²) < 4.78 is 0.